The number of benzene rings is 1. The second-order valence-corrected chi connectivity index (χ2v) is 8.70. The Morgan fingerprint density at radius 3 is 2.80 bits per heavy atom. The summed E-state index contributed by atoms with van der Waals surface area (Å²) in [6, 6.07) is 9.23. The molecule has 1 atom stereocenters. The van der Waals surface area contributed by atoms with Crippen LogP contribution in [-0.4, -0.2) is 37.8 Å². The molecule has 1 fully saturated rings. The van der Waals surface area contributed by atoms with Gasteiger partial charge in [0.1, 0.15) is 11.7 Å². The maximum Gasteiger partial charge on any atom is 0.332 e. The summed E-state index contributed by atoms with van der Waals surface area (Å²) in [5.74, 6) is 6.55. The van der Waals surface area contributed by atoms with E-state index < -0.39 is 11.2 Å². The molecule has 0 spiro atoms. The molecule has 4 aromatic rings. The van der Waals surface area contributed by atoms with Crippen LogP contribution in [0.15, 0.2) is 38.3 Å². The monoisotopic (exact) mass is 471 g/mol. The van der Waals surface area contributed by atoms with Gasteiger partial charge >= 0.3 is 5.69 Å². The Kier molecular flexibility index (Phi) is 5.67. The zero-order valence-corrected chi connectivity index (χ0v) is 19.6. The number of nitriles is 1. The quantitative estimate of drug-likeness (QED) is 0.447. The van der Waals surface area contributed by atoms with Gasteiger partial charge in [-0.3, -0.25) is 18.5 Å². The fourth-order valence-electron chi connectivity index (χ4n) is 4.74. The lowest BCUT2D eigenvalue weighted by atomic mass is 10.1. The molecule has 0 aliphatic carbocycles. The first-order valence-electron chi connectivity index (χ1n) is 11.4. The summed E-state index contributed by atoms with van der Waals surface area (Å²) >= 11 is 0. The Bertz CT molecular complexity index is 1670. The third-order valence-corrected chi connectivity index (χ3v) is 6.48. The number of imidazole rings is 1. The molecule has 0 saturated carbocycles. The lowest BCUT2D eigenvalue weighted by Gasteiger charge is -2.31. The molecule has 35 heavy (non-hydrogen) atoms. The number of furan rings is 1. The van der Waals surface area contributed by atoms with E-state index in [2.05, 4.69) is 16.7 Å². The fourth-order valence-corrected chi connectivity index (χ4v) is 4.74. The summed E-state index contributed by atoms with van der Waals surface area (Å²) in [5, 5.41) is 10.3. The van der Waals surface area contributed by atoms with Crippen LogP contribution in [0.1, 0.15) is 31.1 Å². The van der Waals surface area contributed by atoms with Crippen molar-refractivity contribution in [1.82, 2.24) is 18.7 Å². The number of aromatic nitrogens is 4. The topological polar surface area (TPSA) is 128 Å². The summed E-state index contributed by atoms with van der Waals surface area (Å²) in [7, 11) is 1.59. The molecule has 0 amide bonds. The lowest BCUT2D eigenvalue weighted by molar-refractivity contribution is 0.496. The van der Waals surface area contributed by atoms with E-state index >= 15 is 0 Å². The Morgan fingerprint density at radius 2 is 2.06 bits per heavy atom. The number of piperidine rings is 1. The van der Waals surface area contributed by atoms with Gasteiger partial charge in [-0.05, 0) is 25.8 Å². The minimum absolute atomic E-state index is 0.00789. The van der Waals surface area contributed by atoms with Crippen LogP contribution in [0.2, 0.25) is 0 Å². The van der Waals surface area contributed by atoms with E-state index in [-0.39, 0.29) is 30.4 Å². The molecular weight excluding hydrogens is 446 g/mol. The summed E-state index contributed by atoms with van der Waals surface area (Å²) in [6.07, 6.45) is 1.84. The van der Waals surface area contributed by atoms with E-state index in [1.807, 2.05) is 18.2 Å². The number of hydrogen-bond acceptors (Lipinski definition) is 7. The molecule has 178 valence electrons. The van der Waals surface area contributed by atoms with Crippen LogP contribution < -0.4 is 21.9 Å². The Balaban J connectivity index is 1.74. The highest BCUT2D eigenvalue weighted by atomic mass is 16.3. The maximum absolute atomic E-state index is 13.8. The van der Waals surface area contributed by atoms with Crippen molar-refractivity contribution in [2.24, 2.45) is 12.8 Å². The van der Waals surface area contributed by atoms with Crippen LogP contribution in [0, 0.1) is 23.2 Å². The van der Waals surface area contributed by atoms with Gasteiger partial charge in [0.15, 0.2) is 11.2 Å². The van der Waals surface area contributed by atoms with E-state index in [9.17, 15) is 14.9 Å². The van der Waals surface area contributed by atoms with E-state index in [1.165, 1.54) is 4.57 Å². The van der Waals surface area contributed by atoms with Crippen molar-refractivity contribution in [3.8, 4) is 17.9 Å². The first kappa shape index (κ1) is 22.5. The SMILES string of the molecule is CC#CCn1c(N2CCCC(N)C2)nc2c1c(=O)n(Cc1c(C#N)oc3ccccc13)c(=O)n2C. The third-order valence-electron chi connectivity index (χ3n) is 6.48. The van der Waals surface area contributed by atoms with E-state index in [4.69, 9.17) is 15.1 Å². The average Bonchev–Trinajstić information content (AvgIpc) is 3.42. The lowest BCUT2D eigenvalue weighted by Crippen LogP contribution is -2.44. The second-order valence-electron chi connectivity index (χ2n) is 8.70. The highest BCUT2D eigenvalue weighted by Gasteiger charge is 2.27. The second kappa shape index (κ2) is 8.82. The molecule has 1 aliphatic heterocycles. The van der Waals surface area contributed by atoms with Crippen molar-refractivity contribution in [2.45, 2.75) is 38.9 Å². The van der Waals surface area contributed by atoms with Crippen molar-refractivity contribution in [2.75, 3.05) is 18.0 Å². The Hall–Kier alpha value is -4.28. The van der Waals surface area contributed by atoms with E-state index in [0.717, 1.165) is 24.0 Å². The molecule has 10 nitrogen and oxygen atoms in total. The van der Waals surface area contributed by atoms with Crippen LogP contribution in [0.5, 0.6) is 0 Å². The highest BCUT2D eigenvalue weighted by Crippen LogP contribution is 2.26. The van der Waals surface area contributed by atoms with Gasteiger partial charge in [-0.2, -0.15) is 10.2 Å². The number of nitrogens with zero attached hydrogens (tertiary/aromatic N) is 6. The normalized spacial score (nSPS) is 15.8. The first-order chi connectivity index (χ1) is 16.9. The molecule has 0 bridgehead atoms. The van der Waals surface area contributed by atoms with Crippen LogP contribution in [0.25, 0.3) is 22.1 Å². The van der Waals surface area contributed by atoms with Crippen LogP contribution in [-0.2, 0) is 20.1 Å². The summed E-state index contributed by atoms with van der Waals surface area (Å²) in [6.45, 7) is 3.25. The summed E-state index contributed by atoms with van der Waals surface area (Å²) in [4.78, 5) is 33.9. The molecular formula is C25H25N7O3. The van der Waals surface area contributed by atoms with Gasteiger partial charge in [0.05, 0.1) is 13.1 Å². The maximum atomic E-state index is 13.8. The van der Waals surface area contributed by atoms with Crippen molar-refractivity contribution in [3.05, 3.63) is 56.4 Å². The standard InChI is InChI=1S/C25H25N7O3/c1-3-4-12-31-21-22(28-24(31)30-11-7-8-16(27)14-30)29(2)25(34)32(23(21)33)15-18-17-9-5-6-10-19(17)35-20(18)13-26/h5-6,9-10,16H,7-8,11-12,14-15,27H2,1-2H3. The van der Waals surface area contributed by atoms with E-state index in [1.54, 1.807) is 30.7 Å². The van der Waals surface area contributed by atoms with Crippen molar-refractivity contribution in [3.63, 3.8) is 0 Å². The summed E-state index contributed by atoms with van der Waals surface area (Å²) < 4.78 is 9.91. The minimum atomic E-state index is -0.523. The van der Waals surface area contributed by atoms with Crippen LogP contribution in [0.4, 0.5) is 5.95 Å². The van der Waals surface area contributed by atoms with Crippen molar-refractivity contribution < 1.29 is 4.42 Å². The van der Waals surface area contributed by atoms with Crippen LogP contribution in [0.3, 0.4) is 0 Å². The number of anilines is 1. The fraction of sp³-hybridized carbons (Fsp3) is 0.360. The largest absolute Gasteiger partial charge is 0.445 e. The number of aryl methyl sites for hydroxylation is 1. The minimum Gasteiger partial charge on any atom is -0.445 e. The van der Waals surface area contributed by atoms with Gasteiger partial charge in [-0.15, -0.1) is 5.92 Å². The molecule has 3 aromatic heterocycles. The Labute approximate surface area is 200 Å². The van der Waals surface area contributed by atoms with Gasteiger partial charge in [0.25, 0.3) is 5.56 Å². The van der Waals surface area contributed by atoms with Crippen molar-refractivity contribution in [1.29, 1.82) is 5.26 Å². The van der Waals surface area contributed by atoms with Gasteiger partial charge in [0, 0.05) is 37.1 Å². The highest BCUT2D eigenvalue weighted by molar-refractivity contribution is 5.83. The molecule has 4 heterocycles. The zero-order valence-electron chi connectivity index (χ0n) is 19.6. The molecule has 2 N–H and O–H groups in total. The van der Waals surface area contributed by atoms with Crippen LogP contribution >= 0.6 is 0 Å². The van der Waals surface area contributed by atoms with Gasteiger partial charge in [0.2, 0.25) is 11.7 Å². The van der Waals surface area contributed by atoms with Crippen molar-refractivity contribution >= 4 is 28.1 Å². The van der Waals surface area contributed by atoms with Gasteiger partial charge in [-0.1, -0.05) is 24.1 Å². The molecule has 10 heteroatoms. The molecule has 1 aromatic carbocycles. The zero-order chi connectivity index (χ0) is 24.7. The predicted octanol–water partition coefficient (Wildman–Crippen LogP) is 1.51. The number of hydrogen-bond donors (Lipinski definition) is 1. The number of para-hydroxylation sites is 1. The molecule has 0 radical (unpaired) electrons. The van der Waals surface area contributed by atoms with E-state index in [0.29, 0.717) is 34.7 Å². The Morgan fingerprint density at radius 1 is 1.26 bits per heavy atom. The number of rotatable bonds is 4. The third kappa shape index (κ3) is 3.69. The van der Waals surface area contributed by atoms with Gasteiger partial charge in [-0.25, -0.2) is 4.79 Å². The predicted molar refractivity (Wildman–Crippen MR) is 132 cm³/mol. The average molecular weight is 472 g/mol. The smallest absolute Gasteiger partial charge is 0.332 e. The first-order valence-corrected chi connectivity index (χ1v) is 11.4. The number of fused-ring (bicyclic) bond motifs is 2. The molecule has 1 unspecified atom stereocenters. The molecule has 1 saturated heterocycles. The molecule has 1 aliphatic rings. The molecule has 5 rings (SSSR count). The van der Waals surface area contributed by atoms with Gasteiger partial charge < -0.3 is 15.1 Å². The number of nitrogens with two attached hydrogens (primary N) is 1. The summed E-state index contributed by atoms with van der Waals surface area (Å²) in [5.41, 5.74) is 6.78.